The zero-order valence-electron chi connectivity index (χ0n) is 12.3. The first-order chi connectivity index (χ1) is 10.2. The van der Waals surface area contributed by atoms with Crippen LogP contribution in [0.4, 0.5) is 0 Å². The van der Waals surface area contributed by atoms with E-state index in [0.717, 1.165) is 54.6 Å². The van der Waals surface area contributed by atoms with Crippen molar-refractivity contribution in [3.05, 3.63) is 27.7 Å². The molecular weight excluding hydrogens is 286 g/mol. The number of amides is 1. The van der Waals surface area contributed by atoms with Gasteiger partial charge in [-0.05, 0) is 19.8 Å². The summed E-state index contributed by atoms with van der Waals surface area (Å²) in [4.78, 5) is 23.8. The minimum atomic E-state index is 0.109. The number of thiazole rings is 1. The van der Waals surface area contributed by atoms with Crippen molar-refractivity contribution in [2.75, 3.05) is 13.1 Å². The van der Waals surface area contributed by atoms with Crippen molar-refractivity contribution in [2.45, 2.75) is 39.0 Å². The first-order valence-corrected chi connectivity index (χ1v) is 8.17. The fraction of sp³-hybridized carbons (Fsp3) is 0.571. The summed E-state index contributed by atoms with van der Waals surface area (Å²) in [5.74, 6) is 2.29. The van der Waals surface area contributed by atoms with E-state index in [2.05, 4.69) is 27.1 Å². The number of carbonyl (C=O) groups is 1. The van der Waals surface area contributed by atoms with Crippen molar-refractivity contribution < 1.29 is 4.79 Å². The third-order valence-electron chi connectivity index (χ3n) is 3.97. The molecule has 0 aliphatic carbocycles. The second kappa shape index (κ2) is 5.93. The normalized spacial score (nSPS) is 16.4. The Kier molecular flexibility index (Phi) is 4.01. The molecule has 1 fully saturated rings. The molecule has 112 valence electrons. The van der Waals surface area contributed by atoms with Gasteiger partial charge in [-0.1, -0.05) is 6.92 Å². The topological polar surface area (TPSA) is 74.8 Å². The molecule has 2 aromatic heterocycles. The average molecular weight is 305 g/mol. The van der Waals surface area contributed by atoms with Gasteiger partial charge < -0.3 is 4.90 Å². The van der Waals surface area contributed by atoms with Gasteiger partial charge in [0.2, 0.25) is 0 Å². The molecule has 0 unspecified atom stereocenters. The number of nitrogens with zero attached hydrogens (tertiary/aromatic N) is 4. The minimum absolute atomic E-state index is 0.109. The molecule has 0 saturated carbocycles. The highest BCUT2D eigenvalue weighted by molar-refractivity contribution is 7.11. The SMILES string of the molecule is CCc1nc(C2CCN(C(=O)c3scnc3C)CC2)n[nH]1. The van der Waals surface area contributed by atoms with E-state index in [1.54, 1.807) is 5.51 Å². The van der Waals surface area contributed by atoms with Gasteiger partial charge in [0.15, 0.2) is 5.82 Å². The van der Waals surface area contributed by atoms with Crippen molar-refractivity contribution in [3.63, 3.8) is 0 Å². The molecule has 1 amide bonds. The summed E-state index contributed by atoms with van der Waals surface area (Å²) >= 11 is 1.42. The van der Waals surface area contributed by atoms with E-state index in [1.807, 2.05) is 11.8 Å². The van der Waals surface area contributed by atoms with Gasteiger partial charge in [0.1, 0.15) is 10.7 Å². The highest BCUT2D eigenvalue weighted by atomic mass is 32.1. The van der Waals surface area contributed by atoms with E-state index < -0.39 is 0 Å². The molecule has 3 rings (SSSR count). The smallest absolute Gasteiger partial charge is 0.265 e. The maximum atomic E-state index is 12.4. The lowest BCUT2D eigenvalue weighted by molar-refractivity contribution is 0.0715. The third kappa shape index (κ3) is 2.83. The van der Waals surface area contributed by atoms with Crippen LogP contribution in [0.5, 0.6) is 0 Å². The van der Waals surface area contributed by atoms with E-state index >= 15 is 0 Å². The number of aromatic nitrogens is 4. The zero-order valence-corrected chi connectivity index (χ0v) is 13.1. The van der Waals surface area contributed by atoms with Crippen LogP contribution in [0.15, 0.2) is 5.51 Å². The summed E-state index contributed by atoms with van der Waals surface area (Å²) in [5.41, 5.74) is 2.56. The van der Waals surface area contributed by atoms with Gasteiger partial charge in [-0.2, -0.15) is 5.10 Å². The molecule has 1 aliphatic rings. The molecule has 1 aliphatic heterocycles. The summed E-state index contributed by atoms with van der Waals surface area (Å²) in [6, 6.07) is 0. The van der Waals surface area contributed by atoms with E-state index in [-0.39, 0.29) is 5.91 Å². The summed E-state index contributed by atoms with van der Waals surface area (Å²) in [5, 5.41) is 7.27. The number of nitrogens with one attached hydrogen (secondary N) is 1. The van der Waals surface area contributed by atoms with Crippen molar-refractivity contribution >= 4 is 17.2 Å². The van der Waals surface area contributed by atoms with Gasteiger partial charge in [0, 0.05) is 25.4 Å². The van der Waals surface area contributed by atoms with E-state index in [0.29, 0.717) is 5.92 Å². The third-order valence-corrected chi connectivity index (χ3v) is 4.89. The quantitative estimate of drug-likeness (QED) is 0.943. The standard InChI is InChI=1S/C14H19N5OS/c1-3-11-16-13(18-17-11)10-4-6-19(7-5-10)14(20)12-9(2)15-8-21-12/h8,10H,3-7H2,1-2H3,(H,16,17,18). The van der Waals surface area contributed by atoms with E-state index in [1.165, 1.54) is 11.3 Å². The van der Waals surface area contributed by atoms with Crippen LogP contribution < -0.4 is 0 Å². The van der Waals surface area contributed by atoms with Gasteiger partial charge in [-0.25, -0.2) is 9.97 Å². The highest BCUT2D eigenvalue weighted by Crippen LogP contribution is 2.27. The Morgan fingerprint density at radius 1 is 1.48 bits per heavy atom. The predicted molar refractivity (Wildman–Crippen MR) is 80.5 cm³/mol. The average Bonchev–Trinajstić information content (AvgIpc) is 3.15. The van der Waals surface area contributed by atoms with Crippen LogP contribution in [-0.4, -0.2) is 44.1 Å². The molecule has 6 nitrogen and oxygen atoms in total. The summed E-state index contributed by atoms with van der Waals surface area (Å²) < 4.78 is 0. The van der Waals surface area contributed by atoms with Crippen LogP contribution in [-0.2, 0) is 6.42 Å². The van der Waals surface area contributed by atoms with Gasteiger partial charge in [0.05, 0.1) is 11.2 Å². The summed E-state index contributed by atoms with van der Waals surface area (Å²) in [7, 11) is 0. The molecule has 21 heavy (non-hydrogen) atoms. The maximum absolute atomic E-state index is 12.4. The molecule has 1 saturated heterocycles. The Morgan fingerprint density at radius 3 is 2.81 bits per heavy atom. The predicted octanol–water partition coefficient (Wildman–Crippen LogP) is 2.15. The summed E-state index contributed by atoms with van der Waals surface area (Å²) in [6.45, 7) is 5.47. The number of piperidine rings is 1. The molecule has 0 atom stereocenters. The lowest BCUT2D eigenvalue weighted by Gasteiger charge is -2.30. The van der Waals surface area contributed by atoms with Gasteiger partial charge in [-0.3, -0.25) is 9.89 Å². The molecular formula is C14H19N5OS. The van der Waals surface area contributed by atoms with E-state index in [9.17, 15) is 4.79 Å². The Bertz CT molecular complexity index is 627. The van der Waals surface area contributed by atoms with E-state index in [4.69, 9.17) is 0 Å². The van der Waals surface area contributed by atoms with Crippen LogP contribution in [0.1, 0.15) is 52.7 Å². The first-order valence-electron chi connectivity index (χ1n) is 7.29. The van der Waals surface area contributed by atoms with Crippen LogP contribution in [0.2, 0.25) is 0 Å². The zero-order chi connectivity index (χ0) is 14.8. The molecule has 0 spiro atoms. The van der Waals surface area contributed by atoms with Gasteiger partial charge in [-0.15, -0.1) is 11.3 Å². The second-order valence-electron chi connectivity index (χ2n) is 5.33. The maximum Gasteiger partial charge on any atom is 0.265 e. The van der Waals surface area contributed by atoms with Crippen molar-refractivity contribution in [2.24, 2.45) is 0 Å². The fourth-order valence-electron chi connectivity index (χ4n) is 2.64. The Morgan fingerprint density at radius 2 is 2.24 bits per heavy atom. The number of likely N-dealkylation sites (tertiary alicyclic amines) is 1. The van der Waals surface area contributed by atoms with Crippen molar-refractivity contribution in [3.8, 4) is 0 Å². The molecule has 2 aromatic rings. The monoisotopic (exact) mass is 305 g/mol. The molecule has 0 radical (unpaired) electrons. The number of aryl methyl sites for hydroxylation is 2. The van der Waals surface area contributed by atoms with Gasteiger partial charge >= 0.3 is 0 Å². The molecule has 7 heteroatoms. The lowest BCUT2D eigenvalue weighted by Crippen LogP contribution is -2.38. The fourth-order valence-corrected chi connectivity index (χ4v) is 3.41. The first kappa shape index (κ1) is 14.2. The van der Waals surface area contributed by atoms with Crippen LogP contribution in [0.3, 0.4) is 0 Å². The van der Waals surface area contributed by atoms with Crippen LogP contribution in [0, 0.1) is 6.92 Å². The number of hydrogen-bond donors (Lipinski definition) is 1. The molecule has 3 heterocycles. The number of rotatable bonds is 3. The Hall–Kier alpha value is -1.76. The number of hydrogen-bond acceptors (Lipinski definition) is 5. The van der Waals surface area contributed by atoms with Gasteiger partial charge in [0.25, 0.3) is 5.91 Å². The molecule has 0 aromatic carbocycles. The Balaban J connectivity index is 1.62. The largest absolute Gasteiger partial charge is 0.338 e. The minimum Gasteiger partial charge on any atom is -0.338 e. The molecule has 0 bridgehead atoms. The van der Waals surface area contributed by atoms with Crippen molar-refractivity contribution in [1.29, 1.82) is 0 Å². The Labute approximate surface area is 127 Å². The highest BCUT2D eigenvalue weighted by Gasteiger charge is 2.28. The van der Waals surface area contributed by atoms with Crippen molar-refractivity contribution in [1.82, 2.24) is 25.1 Å². The summed E-state index contributed by atoms with van der Waals surface area (Å²) in [6.07, 6.45) is 2.71. The number of H-pyrrole nitrogens is 1. The lowest BCUT2D eigenvalue weighted by atomic mass is 9.96. The second-order valence-corrected chi connectivity index (χ2v) is 6.18. The van der Waals surface area contributed by atoms with Crippen LogP contribution in [0.25, 0.3) is 0 Å². The number of carbonyl (C=O) groups excluding carboxylic acids is 1. The number of aromatic amines is 1. The van der Waals surface area contributed by atoms with Crippen LogP contribution >= 0.6 is 11.3 Å². The molecule has 1 N–H and O–H groups in total.